The van der Waals surface area contributed by atoms with E-state index in [1.54, 1.807) is 72.8 Å². The Labute approximate surface area is 235 Å². The Morgan fingerprint density at radius 2 is 0.974 bits per heavy atom. The van der Waals surface area contributed by atoms with Gasteiger partial charge >= 0.3 is 0 Å². The van der Waals surface area contributed by atoms with Crippen molar-refractivity contribution in [2.24, 2.45) is 10.2 Å². The molecule has 12 heteroatoms. The molecule has 0 fully saturated rings. The van der Waals surface area contributed by atoms with Crippen LogP contribution in [0.5, 0.6) is 0 Å². The summed E-state index contributed by atoms with van der Waals surface area (Å²) in [6.07, 6.45) is 2.90. The van der Waals surface area contributed by atoms with Crippen LogP contribution in [0.4, 0.5) is 0 Å². The van der Waals surface area contributed by atoms with Gasteiger partial charge in [0.25, 0.3) is 23.6 Å². The van der Waals surface area contributed by atoms with Gasteiger partial charge in [0.1, 0.15) is 0 Å². The Bertz CT molecular complexity index is 1270. The van der Waals surface area contributed by atoms with Gasteiger partial charge in [0.2, 0.25) is 0 Å². The number of halogens is 2. The number of benzene rings is 3. The highest BCUT2D eigenvalue weighted by atomic mass is 79.9. The van der Waals surface area contributed by atoms with Crippen molar-refractivity contribution < 1.29 is 19.2 Å². The van der Waals surface area contributed by atoms with Gasteiger partial charge in [-0.1, -0.05) is 48.5 Å². The molecule has 4 N–H and O–H groups in total. The molecule has 0 spiro atoms. The summed E-state index contributed by atoms with van der Waals surface area (Å²) in [6.45, 7) is -0.460. The van der Waals surface area contributed by atoms with E-state index in [9.17, 15) is 19.2 Å². The zero-order valence-electron chi connectivity index (χ0n) is 19.8. The molecule has 0 aliphatic heterocycles. The Hall–Kier alpha value is -4.16. The molecule has 10 nitrogen and oxygen atoms in total. The first-order valence-corrected chi connectivity index (χ1v) is 12.7. The van der Waals surface area contributed by atoms with Crippen molar-refractivity contribution in [2.75, 3.05) is 13.1 Å². The second-order valence-corrected chi connectivity index (χ2v) is 9.29. The maximum Gasteiger partial charge on any atom is 0.259 e. The number of carbonyl (C=O) groups is 4. The average Bonchev–Trinajstić information content (AvgIpc) is 2.92. The summed E-state index contributed by atoms with van der Waals surface area (Å²) in [6, 6.07) is 20.8. The molecular weight excluding hydrogens is 620 g/mol. The first kappa shape index (κ1) is 28.4. The van der Waals surface area contributed by atoms with Crippen LogP contribution >= 0.6 is 31.9 Å². The summed E-state index contributed by atoms with van der Waals surface area (Å²) < 4.78 is 1.26. The molecule has 0 heterocycles. The second kappa shape index (κ2) is 14.5. The van der Waals surface area contributed by atoms with E-state index in [4.69, 9.17) is 0 Å². The third-order valence-electron chi connectivity index (χ3n) is 4.80. The molecule has 0 saturated heterocycles. The van der Waals surface area contributed by atoms with Gasteiger partial charge in [0, 0.05) is 8.95 Å². The van der Waals surface area contributed by atoms with Gasteiger partial charge in [0.15, 0.2) is 0 Å². The lowest BCUT2D eigenvalue weighted by molar-refractivity contribution is -0.120. The number of carbonyl (C=O) groups excluding carboxylic acids is 4. The first-order chi connectivity index (χ1) is 18.3. The van der Waals surface area contributed by atoms with Crippen molar-refractivity contribution in [3.05, 3.63) is 104 Å². The Balaban J connectivity index is 1.37. The minimum absolute atomic E-state index is 0.230. The van der Waals surface area contributed by atoms with Gasteiger partial charge in [-0.15, -0.1) is 0 Å². The quantitative estimate of drug-likeness (QED) is 0.200. The minimum Gasteiger partial charge on any atom is -0.343 e. The highest BCUT2D eigenvalue weighted by Gasteiger charge is 2.11. The zero-order valence-corrected chi connectivity index (χ0v) is 23.0. The van der Waals surface area contributed by atoms with Gasteiger partial charge in [-0.3, -0.25) is 19.2 Å². The maximum atomic E-state index is 12.1. The predicted molar refractivity (Wildman–Crippen MR) is 151 cm³/mol. The van der Waals surface area contributed by atoms with Crippen molar-refractivity contribution >= 4 is 67.9 Å². The van der Waals surface area contributed by atoms with Crippen molar-refractivity contribution in [3.8, 4) is 0 Å². The van der Waals surface area contributed by atoms with E-state index >= 15 is 0 Å². The number of rotatable bonds is 10. The molecule has 0 aliphatic rings. The van der Waals surface area contributed by atoms with E-state index in [0.29, 0.717) is 31.2 Å². The molecule has 3 rings (SSSR count). The van der Waals surface area contributed by atoms with Crippen LogP contribution in [0.3, 0.4) is 0 Å². The lowest BCUT2D eigenvalue weighted by Crippen LogP contribution is -2.35. The van der Waals surface area contributed by atoms with Crippen LogP contribution in [0, 0.1) is 0 Å². The minimum atomic E-state index is -0.478. The molecule has 4 amide bonds. The predicted octanol–water partition coefficient (Wildman–Crippen LogP) is 2.97. The van der Waals surface area contributed by atoms with Gasteiger partial charge in [-0.2, -0.15) is 10.2 Å². The molecule has 0 saturated carbocycles. The standard InChI is InChI=1S/C26H22Br2N6O4/c27-21-7-3-1-5-19(21)25(37)29-15-23(35)33-31-13-17-9-11-18(12-10-17)14-32-34-24(36)16-30-26(38)20-6-2-4-8-22(20)28/h1-14H,15-16H2,(H,29,37)(H,30,38)(H,33,35)(H,34,36)/b31-13+,32-14+. The lowest BCUT2D eigenvalue weighted by Gasteiger charge is -2.06. The van der Waals surface area contributed by atoms with E-state index < -0.39 is 11.8 Å². The molecule has 194 valence electrons. The van der Waals surface area contributed by atoms with Crippen LogP contribution in [-0.4, -0.2) is 49.1 Å². The molecule has 0 bridgehead atoms. The monoisotopic (exact) mass is 640 g/mol. The summed E-state index contributed by atoms with van der Waals surface area (Å²) in [4.78, 5) is 48.1. The summed E-state index contributed by atoms with van der Waals surface area (Å²) in [5.74, 6) is -1.71. The molecule has 0 unspecified atom stereocenters. The summed E-state index contributed by atoms with van der Waals surface area (Å²) in [5.41, 5.74) is 6.96. The fourth-order valence-electron chi connectivity index (χ4n) is 2.91. The smallest absolute Gasteiger partial charge is 0.259 e. The molecule has 38 heavy (non-hydrogen) atoms. The van der Waals surface area contributed by atoms with Gasteiger partial charge < -0.3 is 10.6 Å². The van der Waals surface area contributed by atoms with E-state index in [1.807, 2.05) is 0 Å². The molecule has 0 atom stereocenters. The lowest BCUT2D eigenvalue weighted by atomic mass is 10.2. The SMILES string of the molecule is O=C(CNC(=O)c1ccccc1Br)N/N=C/c1ccc(/C=N/NC(=O)CNC(=O)c2ccccc2Br)cc1. The summed E-state index contributed by atoms with van der Waals surface area (Å²) >= 11 is 6.58. The molecule has 3 aromatic rings. The topological polar surface area (TPSA) is 141 Å². The van der Waals surface area contributed by atoms with Crippen LogP contribution in [0.1, 0.15) is 31.8 Å². The van der Waals surface area contributed by atoms with Crippen molar-refractivity contribution in [3.63, 3.8) is 0 Å². The van der Waals surface area contributed by atoms with E-state index in [2.05, 4.69) is 63.5 Å². The van der Waals surface area contributed by atoms with Gasteiger partial charge in [0.05, 0.1) is 36.6 Å². The Kier molecular flexibility index (Phi) is 10.9. The number of hydrogen-bond acceptors (Lipinski definition) is 6. The summed E-state index contributed by atoms with van der Waals surface area (Å²) in [5, 5.41) is 12.8. The van der Waals surface area contributed by atoms with Crippen LogP contribution < -0.4 is 21.5 Å². The van der Waals surface area contributed by atoms with Gasteiger partial charge in [-0.25, -0.2) is 10.9 Å². The van der Waals surface area contributed by atoms with Crippen molar-refractivity contribution in [1.82, 2.24) is 21.5 Å². The molecule has 0 radical (unpaired) electrons. The normalized spacial score (nSPS) is 10.8. The fraction of sp³-hybridized carbons (Fsp3) is 0.0769. The van der Waals surface area contributed by atoms with Crippen LogP contribution in [0.25, 0.3) is 0 Å². The number of hydrogen-bond donors (Lipinski definition) is 4. The number of hydrazone groups is 2. The average molecular weight is 642 g/mol. The number of amides is 4. The van der Waals surface area contributed by atoms with Crippen molar-refractivity contribution in [1.29, 1.82) is 0 Å². The molecule has 0 aliphatic carbocycles. The third-order valence-corrected chi connectivity index (χ3v) is 6.18. The van der Waals surface area contributed by atoms with Crippen LogP contribution in [0.15, 0.2) is 91.9 Å². The second-order valence-electron chi connectivity index (χ2n) is 7.58. The van der Waals surface area contributed by atoms with E-state index in [1.165, 1.54) is 12.4 Å². The largest absolute Gasteiger partial charge is 0.343 e. The first-order valence-electron chi connectivity index (χ1n) is 11.1. The maximum absolute atomic E-state index is 12.1. The van der Waals surface area contributed by atoms with Crippen LogP contribution in [0.2, 0.25) is 0 Å². The molecule has 0 aromatic heterocycles. The number of nitrogens with zero attached hydrogens (tertiary/aromatic N) is 2. The number of nitrogens with one attached hydrogen (secondary N) is 4. The van der Waals surface area contributed by atoms with E-state index in [0.717, 1.165) is 0 Å². The fourth-order valence-corrected chi connectivity index (χ4v) is 3.84. The Morgan fingerprint density at radius 3 is 1.34 bits per heavy atom. The van der Waals surface area contributed by atoms with Crippen molar-refractivity contribution in [2.45, 2.75) is 0 Å². The van der Waals surface area contributed by atoms with Gasteiger partial charge in [-0.05, 0) is 67.3 Å². The highest BCUT2D eigenvalue weighted by molar-refractivity contribution is 9.10. The molecular formula is C26H22Br2N6O4. The highest BCUT2D eigenvalue weighted by Crippen LogP contribution is 2.16. The molecule has 3 aromatic carbocycles. The third kappa shape index (κ3) is 9.05. The summed E-state index contributed by atoms with van der Waals surface area (Å²) in [7, 11) is 0. The Morgan fingerprint density at radius 1 is 0.605 bits per heavy atom. The van der Waals surface area contributed by atoms with E-state index in [-0.39, 0.29) is 24.9 Å². The van der Waals surface area contributed by atoms with Crippen LogP contribution in [-0.2, 0) is 9.59 Å². The zero-order chi connectivity index (χ0) is 27.3.